The largest absolute Gasteiger partial charge is 0.483 e. The van der Waals surface area contributed by atoms with Crippen LogP contribution in [-0.2, 0) is 4.79 Å². The summed E-state index contributed by atoms with van der Waals surface area (Å²) >= 11 is 5.85. The predicted molar refractivity (Wildman–Crippen MR) is 86.8 cm³/mol. The summed E-state index contributed by atoms with van der Waals surface area (Å²) in [6.07, 6.45) is 0.757. The van der Waals surface area contributed by atoms with Crippen molar-refractivity contribution in [2.75, 3.05) is 11.9 Å². The van der Waals surface area contributed by atoms with Gasteiger partial charge in [0.1, 0.15) is 17.9 Å². The van der Waals surface area contributed by atoms with E-state index in [2.05, 4.69) is 5.32 Å². The molecule has 0 fully saturated rings. The Morgan fingerprint density at radius 1 is 1.26 bits per heavy atom. The highest BCUT2D eigenvalue weighted by atomic mass is 35.5. The van der Waals surface area contributed by atoms with Crippen LogP contribution in [0, 0.1) is 19.7 Å². The summed E-state index contributed by atoms with van der Waals surface area (Å²) in [6.45, 7) is 3.37. The van der Waals surface area contributed by atoms with Crippen molar-refractivity contribution in [2.24, 2.45) is 0 Å². The van der Waals surface area contributed by atoms with Gasteiger partial charge in [-0.05, 0) is 55.3 Å². The Morgan fingerprint density at radius 3 is 2.48 bits per heavy atom. The molecular weight excluding hydrogens is 321 g/mol. The summed E-state index contributed by atoms with van der Waals surface area (Å²) in [5, 5.41) is 2.66. The fourth-order valence-corrected chi connectivity index (χ4v) is 2.41. The number of ether oxygens (including phenoxy) is 1. The van der Waals surface area contributed by atoms with Gasteiger partial charge < -0.3 is 10.1 Å². The Hall–Kier alpha value is -2.40. The fraction of sp³-hybridized carbons (Fsp3) is 0.176. The second kappa shape index (κ2) is 7.24. The number of aldehydes is 1. The van der Waals surface area contributed by atoms with Crippen LogP contribution >= 0.6 is 11.6 Å². The van der Waals surface area contributed by atoms with E-state index in [0.717, 1.165) is 23.5 Å². The molecule has 0 saturated heterocycles. The van der Waals surface area contributed by atoms with Crippen LogP contribution in [0.1, 0.15) is 21.5 Å². The van der Waals surface area contributed by atoms with Crippen molar-refractivity contribution in [3.8, 4) is 5.75 Å². The molecule has 0 heterocycles. The third-order valence-electron chi connectivity index (χ3n) is 3.17. The van der Waals surface area contributed by atoms with E-state index in [1.54, 1.807) is 26.0 Å². The highest BCUT2D eigenvalue weighted by Gasteiger charge is 2.11. The van der Waals surface area contributed by atoms with E-state index in [9.17, 15) is 14.0 Å². The van der Waals surface area contributed by atoms with Gasteiger partial charge in [-0.15, -0.1) is 0 Å². The number of carbonyl (C=O) groups is 2. The van der Waals surface area contributed by atoms with Gasteiger partial charge in [-0.25, -0.2) is 4.39 Å². The molecular formula is C17H15ClFNO3. The summed E-state index contributed by atoms with van der Waals surface area (Å²) in [7, 11) is 0. The lowest BCUT2D eigenvalue weighted by molar-refractivity contribution is -0.118. The van der Waals surface area contributed by atoms with Crippen LogP contribution in [0.15, 0.2) is 30.3 Å². The first-order valence-corrected chi connectivity index (χ1v) is 7.22. The van der Waals surface area contributed by atoms with Gasteiger partial charge in [-0.2, -0.15) is 0 Å². The molecule has 0 radical (unpaired) electrons. The maximum Gasteiger partial charge on any atom is 0.262 e. The number of carbonyl (C=O) groups excluding carboxylic acids is 2. The second-order valence-corrected chi connectivity index (χ2v) is 5.47. The molecule has 0 aliphatic carbocycles. The van der Waals surface area contributed by atoms with E-state index in [4.69, 9.17) is 16.3 Å². The predicted octanol–water partition coefficient (Wildman–Crippen LogP) is 3.93. The highest BCUT2D eigenvalue weighted by molar-refractivity contribution is 6.33. The van der Waals surface area contributed by atoms with Gasteiger partial charge in [-0.1, -0.05) is 11.6 Å². The molecule has 0 aromatic heterocycles. The van der Waals surface area contributed by atoms with Crippen LogP contribution in [0.2, 0.25) is 5.02 Å². The highest BCUT2D eigenvalue weighted by Crippen LogP contribution is 2.25. The number of hydrogen-bond donors (Lipinski definition) is 1. The first kappa shape index (κ1) is 17.0. The van der Waals surface area contributed by atoms with Gasteiger partial charge in [0.25, 0.3) is 5.91 Å². The molecule has 1 N–H and O–H groups in total. The Balaban J connectivity index is 2.03. The van der Waals surface area contributed by atoms with Crippen LogP contribution in [0.4, 0.5) is 10.1 Å². The number of benzene rings is 2. The second-order valence-electron chi connectivity index (χ2n) is 5.06. The van der Waals surface area contributed by atoms with Gasteiger partial charge in [0.15, 0.2) is 6.61 Å². The first-order chi connectivity index (χ1) is 10.9. The van der Waals surface area contributed by atoms with Gasteiger partial charge in [0, 0.05) is 5.56 Å². The topological polar surface area (TPSA) is 55.4 Å². The van der Waals surface area contributed by atoms with Gasteiger partial charge in [0.05, 0.1) is 10.7 Å². The van der Waals surface area contributed by atoms with E-state index in [1.807, 2.05) is 0 Å². The molecule has 0 saturated carbocycles. The standard InChI is InChI=1S/C17H15ClFNO3/c1-10-5-12(8-21)6-11(2)17(10)23-9-16(22)20-15-4-3-13(19)7-14(15)18/h3-8H,9H2,1-2H3,(H,20,22). The van der Waals surface area contributed by atoms with Gasteiger partial charge in [-0.3, -0.25) is 9.59 Å². The zero-order chi connectivity index (χ0) is 17.0. The average molecular weight is 336 g/mol. The van der Waals surface area contributed by atoms with Crippen molar-refractivity contribution in [1.82, 2.24) is 0 Å². The molecule has 6 heteroatoms. The van der Waals surface area contributed by atoms with E-state index >= 15 is 0 Å². The number of hydrogen-bond acceptors (Lipinski definition) is 3. The SMILES string of the molecule is Cc1cc(C=O)cc(C)c1OCC(=O)Nc1ccc(F)cc1Cl. The molecule has 2 aromatic carbocycles. The van der Waals surface area contributed by atoms with Gasteiger partial charge >= 0.3 is 0 Å². The van der Waals surface area contributed by atoms with E-state index in [0.29, 0.717) is 17.0 Å². The number of aryl methyl sites for hydroxylation is 2. The summed E-state index contributed by atoms with van der Waals surface area (Å²) < 4.78 is 18.5. The lowest BCUT2D eigenvalue weighted by Gasteiger charge is -2.13. The van der Waals surface area contributed by atoms with Crippen molar-refractivity contribution >= 4 is 29.5 Å². The summed E-state index contributed by atoms with van der Waals surface area (Å²) in [5.74, 6) is -0.349. The lowest BCUT2D eigenvalue weighted by atomic mass is 10.1. The molecule has 120 valence electrons. The number of halogens is 2. The first-order valence-electron chi connectivity index (χ1n) is 6.85. The zero-order valence-electron chi connectivity index (χ0n) is 12.7. The van der Waals surface area contributed by atoms with Crippen molar-refractivity contribution in [1.29, 1.82) is 0 Å². The fourth-order valence-electron chi connectivity index (χ4n) is 2.19. The number of nitrogens with one attached hydrogen (secondary N) is 1. The molecule has 0 unspecified atom stereocenters. The Morgan fingerprint density at radius 2 is 1.91 bits per heavy atom. The Kier molecular flexibility index (Phi) is 5.34. The number of rotatable bonds is 5. The van der Waals surface area contributed by atoms with Crippen LogP contribution in [0.25, 0.3) is 0 Å². The van der Waals surface area contributed by atoms with E-state index < -0.39 is 11.7 Å². The minimum absolute atomic E-state index is 0.112. The molecule has 0 bridgehead atoms. The smallest absolute Gasteiger partial charge is 0.262 e. The van der Waals surface area contributed by atoms with E-state index in [-0.39, 0.29) is 11.6 Å². The number of amides is 1. The third kappa shape index (κ3) is 4.29. The van der Waals surface area contributed by atoms with Crippen LogP contribution in [0.5, 0.6) is 5.75 Å². The number of anilines is 1. The van der Waals surface area contributed by atoms with Crippen molar-refractivity contribution < 1.29 is 18.7 Å². The molecule has 4 nitrogen and oxygen atoms in total. The minimum Gasteiger partial charge on any atom is -0.483 e. The normalized spacial score (nSPS) is 10.3. The molecule has 0 aliphatic rings. The lowest BCUT2D eigenvalue weighted by Crippen LogP contribution is -2.21. The van der Waals surface area contributed by atoms with Crippen molar-refractivity contribution in [2.45, 2.75) is 13.8 Å². The molecule has 0 spiro atoms. The molecule has 2 rings (SSSR count). The molecule has 2 aromatic rings. The van der Waals surface area contributed by atoms with Gasteiger partial charge in [0.2, 0.25) is 0 Å². The monoisotopic (exact) mass is 335 g/mol. The maximum absolute atomic E-state index is 13.0. The van der Waals surface area contributed by atoms with Crippen LogP contribution in [-0.4, -0.2) is 18.8 Å². The molecule has 23 heavy (non-hydrogen) atoms. The Labute approximate surface area is 138 Å². The maximum atomic E-state index is 13.0. The molecule has 0 aliphatic heterocycles. The summed E-state index contributed by atoms with van der Waals surface area (Å²) in [6, 6.07) is 7.07. The van der Waals surface area contributed by atoms with E-state index in [1.165, 1.54) is 12.1 Å². The van der Waals surface area contributed by atoms with Crippen molar-refractivity contribution in [3.05, 3.63) is 57.9 Å². The van der Waals surface area contributed by atoms with Crippen LogP contribution < -0.4 is 10.1 Å². The quantitative estimate of drug-likeness (QED) is 0.842. The third-order valence-corrected chi connectivity index (χ3v) is 3.48. The zero-order valence-corrected chi connectivity index (χ0v) is 13.4. The molecule has 0 atom stereocenters. The summed E-state index contributed by atoms with van der Waals surface area (Å²) in [5.41, 5.74) is 2.39. The average Bonchev–Trinajstić information content (AvgIpc) is 2.49. The van der Waals surface area contributed by atoms with Crippen LogP contribution in [0.3, 0.4) is 0 Å². The molecule has 1 amide bonds. The summed E-state index contributed by atoms with van der Waals surface area (Å²) in [4.78, 5) is 22.7. The van der Waals surface area contributed by atoms with Crippen molar-refractivity contribution in [3.63, 3.8) is 0 Å². The Bertz CT molecular complexity index is 738. The minimum atomic E-state index is -0.481.